The largest absolute Gasteiger partial charge is 0.359 e. The van der Waals surface area contributed by atoms with Crippen LogP contribution in [-0.4, -0.2) is 15.0 Å². The minimum Gasteiger partial charge on any atom is -0.359 e. The molecule has 5 aromatic rings. The zero-order chi connectivity index (χ0) is 21.7. The Balaban J connectivity index is 1.39. The molecule has 0 radical (unpaired) electrons. The molecule has 156 valence electrons. The summed E-state index contributed by atoms with van der Waals surface area (Å²) >= 11 is 6.57. The predicted octanol–water partition coefficient (Wildman–Crippen LogP) is 7.02. The highest BCUT2D eigenvalue weighted by atomic mass is 35.5. The van der Waals surface area contributed by atoms with Gasteiger partial charge in [0.15, 0.2) is 0 Å². The van der Waals surface area contributed by atoms with E-state index in [4.69, 9.17) is 16.6 Å². The highest BCUT2D eigenvalue weighted by molar-refractivity contribution is 6.31. The molecular weight excluding hydrogens is 416 g/mol. The quantitative estimate of drug-likeness (QED) is 0.319. The van der Waals surface area contributed by atoms with Crippen LogP contribution in [0.2, 0.25) is 5.02 Å². The topological polar surface area (TPSA) is 53.6 Å². The molecule has 1 unspecified atom stereocenters. The van der Waals surface area contributed by atoms with E-state index in [2.05, 4.69) is 70.7 Å². The first-order valence-corrected chi connectivity index (χ1v) is 11.1. The molecule has 6 rings (SSSR count). The van der Waals surface area contributed by atoms with E-state index in [1.165, 1.54) is 10.9 Å². The minimum absolute atomic E-state index is 0.189. The number of nitrogens with one attached hydrogen (secondary N) is 2. The molecule has 2 aromatic heterocycles. The van der Waals surface area contributed by atoms with Crippen molar-refractivity contribution in [2.45, 2.75) is 19.3 Å². The van der Waals surface area contributed by atoms with E-state index in [-0.39, 0.29) is 5.92 Å². The average Bonchev–Trinajstić information content (AvgIpc) is 3.18. The van der Waals surface area contributed by atoms with E-state index in [0.717, 1.165) is 50.7 Å². The van der Waals surface area contributed by atoms with Gasteiger partial charge in [-0.25, -0.2) is 9.97 Å². The van der Waals surface area contributed by atoms with Crippen LogP contribution in [0, 0.1) is 6.92 Å². The molecule has 5 heteroatoms. The van der Waals surface area contributed by atoms with Crippen LogP contribution in [0.25, 0.3) is 22.2 Å². The maximum absolute atomic E-state index is 6.57. The third kappa shape index (κ3) is 3.24. The van der Waals surface area contributed by atoms with Crippen molar-refractivity contribution in [3.8, 4) is 11.3 Å². The van der Waals surface area contributed by atoms with E-state index in [1.54, 1.807) is 0 Å². The van der Waals surface area contributed by atoms with Crippen molar-refractivity contribution in [3.63, 3.8) is 0 Å². The van der Waals surface area contributed by atoms with Crippen molar-refractivity contribution in [1.29, 1.82) is 0 Å². The number of anilines is 2. The van der Waals surface area contributed by atoms with Gasteiger partial charge in [0.1, 0.15) is 0 Å². The first-order chi connectivity index (χ1) is 15.7. The predicted molar refractivity (Wildman–Crippen MR) is 131 cm³/mol. The zero-order valence-corrected chi connectivity index (χ0v) is 18.3. The van der Waals surface area contributed by atoms with E-state index >= 15 is 0 Å². The van der Waals surface area contributed by atoms with Gasteiger partial charge in [-0.1, -0.05) is 54.1 Å². The molecule has 2 heterocycles. The van der Waals surface area contributed by atoms with Gasteiger partial charge in [-0.15, -0.1) is 0 Å². The fourth-order valence-electron chi connectivity index (χ4n) is 4.72. The summed E-state index contributed by atoms with van der Waals surface area (Å²) in [5, 5.41) is 5.34. The van der Waals surface area contributed by atoms with Gasteiger partial charge in [-0.3, -0.25) is 0 Å². The molecule has 0 saturated carbocycles. The van der Waals surface area contributed by atoms with Gasteiger partial charge in [-0.2, -0.15) is 0 Å². The van der Waals surface area contributed by atoms with Crippen LogP contribution >= 0.6 is 11.6 Å². The number of halogens is 1. The van der Waals surface area contributed by atoms with Crippen molar-refractivity contribution in [1.82, 2.24) is 15.0 Å². The second kappa shape index (κ2) is 7.50. The second-order valence-corrected chi connectivity index (χ2v) is 8.72. The molecular formula is C27H21ClN4. The lowest BCUT2D eigenvalue weighted by Gasteiger charge is -2.28. The van der Waals surface area contributed by atoms with E-state index < -0.39 is 0 Å². The Bertz CT molecular complexity index is 1470. The maximum Gasteiger partial charge on any atom is 0.227 e. The van der Waals surface area contributed by atoms with Crippen molar-refractivity contribution < 1.29 is 0 Å². The number of nitrogens with zero attached hydrogens (tertiary/aromatic N) is 2. The van der Waals surface area contributed by atoms with Gasteiger partial charge in [0.05, 0.1) is 5.69 Å². The Labute approximate surface area is 191 Å². The number of aromatic nitrogens is 3. The normalized spacial score (nSPS) is 14.8. The lowest BCUT2D eigenvalue weighted by Crippen LogP contribution is -2.15. The van der Waals surface area contributed by atoms with Crippen molar-refractivity contribution >= 4 is 34.1 Å². The van der Waals surface area contributed by atoms with Crippen LogP contribution in [-0.2, 0) is 6.42 Å². The second-order valence-electron chi connectivity index (χ2n) is 8.31. The highest BCUT2D eigenvalue weighted by Crippen LogP contribution is 2.43. The number of hydrogen-bond donors (Lipinski definition) is 2. The van der Waals surface area contributed by atoms with Gasteiger partial charge >= 0.3 is 0 Å². The van der Waals surface area contributed by atoms with Crippen molar-refractivity contribution in [2.75, 3.05) is 5.32 Å². The van der Waals surface area contributed by atoms with Crippen LogP contribution in [0.3, 0.4) is 0 Å². The fraction of sp³-hybridized carbons (Fsp3) is 0.111. The number of aromatic amines is 1. The molecule has 3 aromatic carbocycles. The van der Waals surface area contributed by atoms with Gasteiger partial charge < -0.3 is 10.3 Å². The number of hydrogen-bond acceptors (Lipinski definition) is 3. The summed E-state index contributed by atoms with van der Waals surface area (Å²) in [4.78, 5) is 12.9. The molecule has 1 aliphatic rings. The highest BCUT2D eigenvalue weighted by Gasteiger charge is 2.28. The Morgan fingerprint density at radius 3 is 2.66 bits per heavy atom. The van der Waals surface area contributed by atoms with Crippen LogP contribution in [0.15, 0.2) is 79.0 Å². The summed E-state index contributed by atoms with van der Waals surface area (Å²) < 4.78 is 0. The molecule has 0 spiro atoms. The smallest absolute Gasteiger partial charge is 0.227 e. The number of H-pyrrole nitrogens is 1. The van der Waals surface area contributed by atoms with Gasteiger partial charge in [0.2, 0.25) is 5.95 Å². The molecule has 0 amide bonds. The lowest BCUT2D eigenvalue weighted by molar-refractivity contribution is 0.782. The molecule has 4 nitrogen and oxygen atoms in total. The Hall–Kier alpha value is -3.63. The molecule has 0 saturated heterocycles. The van der Waals surface area contributed by atoms with E-state index in [0.29, 0.717) is 5.95 Å². The third-order valence-electron chi connectivity index (χ3n) is 6.17. The van der Waals surface area contributed by atoms with Crippen molar-refractivity contribution in [3.05, 3.63) is 106 Å². The van der Waals surface area contributed by atoms with E-state index in [1.807, 2.05) is 30.5 Å². The minimum atomic E-state index is 0.189. The third-order valence-corrected chi connectivity index (χ3v) is 6.52. The summed E-state index contributed by atoms with van der Waals surface area (Å²) in [6.07, 6.45) is 2.77. The molecule has 0 bridgehead atoms. The number of rotatable bonds is 3. The van der Waals surface area contributed by atoms with Crippen molar-refractivity contribution in [2.24, 2.45) is 0 Å². The SMILES string of the molecule is Cc1cc2cc(Nc3ncc4c(n3)-c3ccccc3C(c3ccccc3Cl)C4)ccc2[nH]1. The summed E-state index contributed by atoms with van der Waals surface area (Å²) in [5.41, 5.74) is 8.89. The maximum atomic E-state index is 6.57. The van der Waals surface area contributed by atoms with Crippen LogP contribution in [0.1, 0.15) is 28.3 Å². The van der Waals surface area contributed by atoms with Crippen LogP contribution < -0.4 is 5.32 Å². The van der Waals surface area contributed by atoms with E-state index in [9.17, 15) is 0 Å². The molecule has 2 N–H and O–H groups in total. The Morgan fingerprint density at radius 1 is 0.969 bits per heavy atom. The summed E-state index contributed by atoms with van der Waals surface area (Å²) in [5.74, 6) is 0.787. The fourth-order valence-corrected chi connectivity index (χ4v) is 4.98. The van der Waals surface area contributed by atoms with Gasteiger partial charge in [-0.05, 0) is 60.4 Å². The average molecular weight is 437 g/mol. The standard InChI is InChI=1S/C27H21ClN4/c1-16-12-17-13-19(10-11-25(17)30-16)31-27-29-15-18-14-23(21-7-4-5-9-24(21)28)20-6-2-3-8-22(20)26(18)32-27/h2-13,15,23,30H,14H2,1H3,(H,29,31,32). The molecule has 32 heavy (non-hydrogen) atoms. The van der Waals surface area contributed by atoms with Gasteiger partial charge in [0.25, 0.3) is 0 Å². The Kier molecular flexibility index (Phi) is 4.47. The number of benzene rings is 3. The lowest BCUT2D eigenvalue weighted by atomic mass is 9.78. The first-order valence-electron chi connectivity index (χ1n) is 10.7. The summed E-state index contributed by atoms with van der Waals surface area (Å²) in [6, 6.07) is 24.9. The summed E-state index contributed by atoms with van der Waals surface area (Å²) in [6.45, 7) is 2.06. The van der Waals surface area contributed by atoms with Gasteiger partial charge in [0, 0.05) is 45.0 Å². The molecule has 0 aliphatic heterocycles. The number of fused-ring (bicyclic) bond motifs is 4. The summed E-state index contributed by atoms with van der Waals surface area (Å²) in [7, 11) is 0. The van der Waals surface area contributed by atoms with Crippen LogP contribution in [0.4, 0.5) is 11.6 Å². The zero-order valence-electron chi connectivity index (χ0n) is 17.6. The molecule has 0 fully saturated rings. The van der Waals surface area contributed by atoms with Crippen LogP contribution in [0.5, 0.6) is 0 Å². The first kappa shape index (κ1) is 19.1. The number of aryl methyl sites for hydroxylation is 1. The Morgan fingerprint density at radius 2 is 1.78 bits per heavy atom. The monoisotopic (exact) mass is 436 g/mol. The molecule has 1 atom stereocenters. The molecule has 1 aliphatic carbocycles.